The third kappa shape index (κ3) is 3.61. The maximum absolute atomic E-state index is 5.83. The molecule has 0 aliphatic carbocycles. The van der Waals surface area contributed by atoms with Gasteiger partial charge in [-0.15, -0.1) is 0 Å². The Balaban J connectivity index is 2.28. The standard InChI is InChI=1S/C18H23NO2/c1-4-18(5-2,14-20-3)16-12-9-13-17(19-16)21-15-10-7-6-8-11-15/h6-13H,4-5,14H2,1-3H3. The van der Waals surface area contributed by atoms with Crippen LogP contribution < -0.4 is 4.74 Å². The molecule has 0 amide bonds. The van der Waals surface area contributed by atoms with E-state index in [2.05, 4.69) is 19.9 Å². The Labute approximate surface area is 126 Å². The van der Waals surface area contributed by atoms with Gasteiger partial charge in [0.25, 0.3) is 0 Å². The largest absolute Gasteiger partial charge is 0.439 e. The third-order valence-electron chi connectivity index (χ3n) is 4.01. The molecule has 0 unspecified atom stereocenters. The Morgan fingerprint density at radius 1 is 0.952 bits per heavy atom. The number of pyridine rings is 1. The molecule has 2 rings (SSSR count). The molecule has 0 saturated heterocycles. The maximum Gasteiger partial charge on any atom is 0.219 e. The van der Waals surface area contributed by atoms with Crippen molar-refractivity contribution < 1.29 is 9.47 Å². The fourth-order valence-corrected chi connectivity index (χ4v) is 2.54. The summed E-state index contributed by atoms with van der Waals surface area (Å²) < 4.78 is 11.3. The number of methoxy groups -OCH3 is 1. The first-order valence-corrected chi connectivity index (χ1v) is 7.43. The number of rotatable bonds is 7. The van der Waals surface area contributed by atoms with E-state index in [-0.39, 0.29) is 5.41 Å². The lowest BCUT2D eigenvalue weighted by Gasteiger charge is -2.30. The summed E-state index contributed by atoms with van der Waals surface area (Å²) in [5.74, 6) is 1.42. The van der Waals surface area contributed by atoms with Gasteiger partial charge in [0.05, 0.1) is 12.3 Å². The predicted molar refractivity (Wildman–Crippen MR) is 84.9 cm³/mol. The molecular weight excluding hydrogens is 262 g/mol. The second-order valence-corrected chi connectivity index (χ2v) is 5.20. The molecule has 3 nitrogen and oxygen atoms in total. The summed E-state index contributed by atoms with van der Waals surface area (Å²) in [4.78, 5) is 4.70. The number of para-hydroxylation sites is 1. The van der Waals surface area contributed by atoms with Crippen molar-refractivity contribution in [3.63, 3.8) is 0 Å². The van der Waals surface area contributed by atoms with E-state index in [0.29, 0.717) is 12.5 Å². The van der Waals surface area contributed by atoms with Gasteiger partial charge in [-0.1, -0.05) is 38.1 Å². The zero-order valence-electron chi connectivity index (χ0n) is 13.0. The predicted octanol–water partition coefficient (Wildman–Crippen LogP) is 4.58. The van der Waals surface area contributed by atoms with Crippen molar-refractivity contribution in [2.24, 2.45) is 0 Å². The number of nitrogens with zero attached hydrogens (tertiary/aromatic N) is 1. The SMILES string of the molecule is CCC(CC)(COC)c1cccc(Oc2ccccc2)n1. The molecule has 3 heteroatoms. The van der Waals surface area contributed by atoms with E-state index in [1.165, 1.54) is 0 Å². The third-order valence-corrected chi connectivity index (χ3v) is 4.01. The van der Waals surface area contributed by atoms with E-state index in [1.54, 1.807) is 7.11 Å². The van der Waals surface area contributed by atoms with Crippen molar-refractivity contribution in [2.75, 3.05) is 13.7 Å². The lowest BCUT2D eigenvalue weighted by Crippen LogP contribution is -2.31. The molecule has 1 heterocycles. The van der Waals surface area contributed by atoms with E-state index in [0.717, 1.165) is 24.3 Å². The molecule has 0 aliphatic heterocycles. The van der Waals surface area contributed by atoms with Gasteiger partial charge in [-0.2, -0.15) is 0 Å². The summed E-state index contributed by atoms with van der Waals surface area (Å²) in [5, 5.41) is 0. The van der Waals surface area contributed by atoms with Crippen LogP contribution in [0.5, 0.6) is 11.6 Å². The molecule has 0 N–H and O–H groups in total. The molecule has 1 aromatic carbocycles. The van der Waals surface area contributed by atoms with Gasteiger partial charge < -0.3 is 9.47 Å². The van der Waals surface area contributed by atoms with Gasteiger partial charge in [0, 0.05) is 18.6 Å². The van der Waals surface area contributed by atoms with Gasteiger partial charge in [-0.25, -0.2) is 4.98 Å². The number of hydrogen-bond donors (Lipinski definition) is 0. The number of hydrogen-bond acceptors (Lipinski definition) is 3. The van der Waals surface area contributed by atoms with Crippen LogP contribution in [0, 0.1) is 0 Å². The van der Waals surface area contributed by atoms with Gasteiger partial charge in [-0.3, -0.25) is 0 Å². The average molecular weight is 285 g/mol. The smallest absolute Gasteiger partial charge is 0.219 e. The number of aromatic nitrogens is 1. The number of ether oxygens (including phenoxy) is 2. The highest BCUT2D eigenvalue weighted by Crippen LogP contribution is 2.32. The van der Waals surface area contributed by atoms with E-state index < -0.39 is 0 Å². The van der Waals surface area contributed by atoms with Crippen LogP contribution in [0.1, 0.15) is 32.4 Å². The molecule has 1 aromatic heterocycles. The van der Waals surface area contributed by atoms with Gasteiger partial charge in [0.15, 0.2) is 0 Å². The van der Waals surface area contributed by atoms with Crippen LogP contribution in [0.25, 0.3) is 0 Å². The first-order chi connectivity index (χ1) is 10.2. The van der Waals surface area contributed by atoms with Crippen LogP contribution >= 0.6 is 0 Å². The molecule has 0 atom stereocenters. The van der Waals surface area contributed by atoms with Crippen LogP contribution in [0.3, 0.4) is 0 Å². The topological polar surface area (TPSA) is 31.4 Å². The summed E-state index contributed by atoms with van der Waals surface area (Å²) in [6.07, 6.45) is 1.97. The summed E-state index contributed by atoms with van der Waals surface area (Å²) in [6, 6.07) is 15.7. The van der Waals surface area contributed by atoms with Crippen molar-refractivity contribution in [3.05, 3.63) is 54.2 Å². The van der Waals surface area contributed by atoms with Gasteiger partial charge >= 0.3 is 0 Å². The minimum Gasteiger partial charge on any atom is -0.439 e. The van der Waals surface area contributed by atoms with Crippen molar-refractivity contribution in [2.45, 2.75) is 32.1 Å². The Morgan fingerprint density at radius 2 is 1.67 bits per heavy atom. The van der Waals surface area contributed by atoms with E-state index in [4.69, 9.17) is 14.5 Å². The highest BCUT2D eigenvalue weighted by molar-refractivity contribution is 5.29. The van der Waals surface area contributed by atoms with Crippen LogP contribution in [0.2, 0.25) is 0 Å². The molecule has 2 aromatic rings. The second-order valence-electron chi connectivity index (χ2n) is 5.20. The number of benzene rings is 1. The van der Waals surface area contributed by atoms with E-state index in [1.807, 2.05) is 42.5 Å². The first kappa shape index (κ1) is 15.5. The molecule has 0 aliphatic rings. The molecule has 0 saturated carbocycles. The Hall–Kier alpha value is -1.87. The molecule has 0 radical (unpaired) electrons. The Morgan fingerprint density at radius 3 is 2.29 bits per heavy atom. The molecule has 0 spiro atoms. The van der Waals surface area contributed by atoms with Crippen molar-refractivity contribution in [1.29, 1.82) is 0 Å². The molecule has 21 heavy (non-hydrogen) atoms. The van der Waals surface area contributed by atoms with Gasteiger partial charge in [0.2, 0.25) is 5.88 Å². The molecule has 0 bridgehead atoms. The van der Waals surface area contributed by atoms with E-state index >= 15 is 0 Å². The highest BCUT2D eigenvalue weighted by Gasteiger charge is 2.30. The van der Waals surface area contributed by atoms with Crippen LogP contribution in [0.4, 0.5) is 0 Å². The monoisotopic (exact) mass is 285 g/mol. The van der Waals surface area contributed by atoms with Crippen LogP contribution in [-0.2, 0) is 10.2 Å². The van der Waals surface area contributed by atoms with Gasteiger partial charge in [0.1, 0.15) is 5.75 Å². The lowest BCUT2D eigenvalue weighted by atomic mass is 9.79. The van der Waals surface area contributed by atoms with Crippen molar-refractivity contribution >= 4 is 0 Å². The van der Waals surface area contributed by atoms with Crippen LogP contribution in [0.15, 0.2) is 48.5 Å². The molecule has 112 valence electrons. The first-order valence-electron chi connectivity index (χ1n) is 7.43. The highest BCUT2D eigenvalue weighted by atomic mass is 16.5. The van der Waals surface area contributed by atoms with Crippen LogP contribution in [-0.4, -0.2) is 18.7 Å². The molecule has 0 fully saturated rings. The zero-order valence-corrected chi connectivity index (χ0v) is 13.0. The Kier molecular flexibility index (Phi) is 5.34. The second kappa shape index (κ2) is 7.23. The Bertz CT molecular complexity index is 550. The summed E-state index contributed by atoms with van der Waals surface area (Å²) in [6.45, 7) is 5.02. The summed E-state index contributed by atoms with van der Waals surface area (Å²) in [5.41, 5.74) is 0.980. The van der Waals surface area contributed by atoms with Crippen molar-refractivity contribution in [1.82, 2.24) is 4.98 Å². The molecular formula is C18H23NO2. The minimum absolute atomic E-state index is 0.0508. The minimum atomic E-state index is -0.0508. The summed E-state index contributed by atoms with van der Waals surface area (Å²) in [7, 11) is 1.74. The maximum atomic E-state index is 5.83. The van der Waals surface area contributed by atoms with Gasteiger partial charge in [-0.05, 0) is 31.0 Å². The average Bonchev–Trinajstić information content (AvgIpc) is 2.54. The summed E-state index contributed by atoms with van der Waals surface area (Å²) >= 11 is 0. The fraction of sp³-hybridized carbons (Fsp3) is 0.389. The van der Waals surface area contributed by atoms with Crippen molar-refractivity contribution in [3.8, 4) is 11.6 Å². The normalized spacial score (nSPS) is 11.4. The van der Waals surface area contributed by atoms with E-state index in [9.17, 15) is 0 Å². The fourth-order valence-electron chi connectivity index (χ4n) is 2.54. The zero-order chi connectivity index (χ0) is 15.1. The lowest BCUT2D eigenvalue weighted by molar-refractivity contribution is 0.120. The quantitative estimate of drug-likeness (QED) is 0.746.